The van der Waals surface area contributed by atoms with Gasteiger partial charge in [0.1, 0.15) is 0 Å². The topological polar surface area (TPSA) is 66.3 Å². The summed E-state index contributed by atoms with van der Waals surface area (Å²) in [4.78, 5) is 21.5. The summed E-state index contributed by atoms with van der Waals surface area (Å²) in [6.07, 6.45) is 7.18. The third-order valence-electron chi connectivity index (χ3n) is 5.28. The summed E-state index contributed by atoms with van der Waals surface area (Å²) in [6.45, 7) is 8.17. The number of carbonyl (C=O) groups excluding carboxylic acids is 1. The van der Waals surface area contributed by atoms with Gasteiger partial charge < -0.3 is 10.2 Å². The van der Waals surface area contributed by atoms with Gasteiger partial charge in [-0.05, 0) is 52.3 Å². The van der Waals surface area contributed by atoms with E-state index < -0.39 is 0 Å². The lowest BCUT2D eigenvalue weighted by Gasteiger charge is -2.23. The second kappa shape index (κ2) is 6.63. The van der Waals surface area contributed by atoms with E-state index in [2.05, 4.69) is 34.1 Å². The molecule has 134 valence electrons. The molecule has 2 aromatic heterocycles. The second-order valence-corrected chi connectivity index (χ2v) is 7.38. The highest BCUT2D eigenvalue weighted by Gasteiger charge is 2.31. The van der Waals surface area contributed by atoms with Crippen molar-refractivity contribution in [2.75, 3.05) is 31.5 Å². The molecule has 0 radical (unpaired) electrons. The van der Waals surface area contributed by atoms with Crippen LogP contribution in [0.1, 0.15) is 39.2 Å². The Bertz CT molecular complexity index is 764. The van der Waals surface area contributed by atoms with E-state index in [4.69, 9.17) is 0 Å². The van der Waals surface area contributed by atoms with Crippen molar-refractivity contribution in [3.8, 4) is 0 Å². The van der Waals surface area contributed by atoms with E-state index in [0.29, 0.717) is 6.04 Å². The molecule has 7 nitrogen and oxygen atoms in total. The maximum atomic E-state index is 12.6. The van der Waals surface area contributed by atoms with E-state index in [1.54, 1.807) is 12.4 Å². The Kier molecular flexibility index (Phi) is 4.33. The maximum absolute atomic E-state index is 12.6. The number of carbonyl (C=O) groups is 1. The van der Waals surface area contributed by atoms with Gasteiger partial charge in [0.2, 0.25) is 0 Å². The van der Waals surface area contributed by atoms with E-state index in [1.807, 2.05) is 15.6 Å². The van der Waals surface area contributed by atoms with Crippen molar-refractivity contribution < 1.29 is 4.79 Å². The summed E-state index contributed by atoms with van der Waals surface area (Å²) in [5.74, 6) is 0. The highest BCUT2D eigenvalue weighted by molar-refractivity contribution is 5.91. The lowest BCUT2D eigenvalue weighted by molar-refractivity contribution is 0.210. The zero-order valence-corrected chi connectivity index (χ0v) is 15.0. The predicted octanol–water partition coefficient (Wildman–Crippen LogP) is 2.71. The summed E-state index contributed by atoms with van der Waals surface area (Å²) in [5, 5.41) is 8.31. The predicted molar refractivity (Wildman–Crippen MR) is 97.7 cm³/mol. The summed E-state index contributed by atoms with van der Waals surface area (Å²) >= 11 is 0. The molecule has 25 heavy (non-hydrogen) atoms. The van der Waals surface area contributed by atoms with Crippen LogP contribution in [0.15, 0.2) is 18.5 Å². The SMILES string of the molecule is CC(C)n1ncc2cc(NC(=O)N3CC[C@H](N4CCCC4)C3)cnc21. The molecule has 0 spiro atoms. The smallest absolute Gasteiger partial charge is 0.321 e. The molecule has 7 heteroatoms. The number of anilines is 1. The maximum Gasteiger partial charge on any atom is 0.321 e. The number of pyridine rings is 1. The van der Waals surface area contributed by atoms with Gasteiger partial charge in [0.05, 0.1) is 18.1 Å². The summed E-state index contributed by atoms with van der Waals surface area (Å²) in [5.41, 5.74) is 1.58. The molecule has 0 unspecified atom stereocenters. The molecule has 1 N–H and O–H groups in total. The Morgan fingerprint density at radius 3 is 2.80 bits per heavy atom. The van der Waals surface area contributed by atoms with E-state index in [0.717, 1.165) is 36.2 Å². The molecule has 4 rings (SSSR count). The highest BCUT2D eigenvalue weighted by atomic mass is 16.2. The van der Waals surface area contributed by atoms with Crippen LogP contribution in [0, 0.1) is 0 Å². The molecule has 2 amide bonds. The minimum Gasteiger partial charge on any atom is -0.323 e. The quantitative estimate of drug-likeness (QED) is 0.931. The van der Waals surface area contributed by atoms with Crippen molar-refractivity contribution in [1.29, 1.82) is 0 Å². The normalized spacial score (nSPS) is 21.6. The number of rotatable bonds is 3. The van der Waals surface area contributed by atoms with Crippen molar-refractivity contribution in [3.63, 3.8) is 0 Å². The van der Waals surface area contributed by atoms with Gasteiger partial charge in [-0.25, -0.2) is 14.5 Å². The second-order valence-electron chi connectivity index (χ2n) is 7.38. The Morgan fingerprint density at radius 2 is 2.04 bits per heavy atom. The van der Waals surface area contributed by atoms with Gasteiger partial charge in [-0.15, -0.1) is 0 Å². The average molecular weight is 342 g/mol. The fourth-order valence-electron chi connectivity index (χ4n) is 3.92. The Labute approximate surface area is 148 Å². The van der Waals surface area contributed by atoms with Gasteiger partial charge in [0, 0.05) is 30.6 Å². The van der Waals surface area contributed by atoms with E-state index in [9.17, 15) is 4.79 Å². The molecule has 0 saturated carbocycles. The van der Waals surface area contributed by atoms with Crippen LogP contribution in [0.4, 0.5) is 10.5 Å². The van der Waals surface area contributed by atoms with E-state index in [-0.39, 0.29) is 12.1 Å². The first-order chi connectivity index (χ1) is 12.1. The third-order valence-corrected chi connectivity index (χ3v) is 5.28. The van der Waals surface area contributed by atoms with Crippen LogP contribution >= 0.6 is 0 Å². The van der Waals surface area contributed by atoms with Crippen LogP contribution in [0.5, 0.6) is 0 Å². The largest absolute Gasteiger partial charge is 0.323 e. The monoisotopic (exact) mass is 342 g/mol. The number of nitrogens with zero attached hydrogens (tertiary/aromatic N) is 5. The van der Waals surface area contributed by atoms with Crippen LogP contribution in [0.2, 0.25) is 0 Å². The van der Waals surface area contributed by atoms with Crippen molar-refractivity contribution in [3.05, 3.63) is 18.5 Å². The number of hydrogen-bond donors (Lipinski definition) is 1. The summed E-state index contributed by atoms with van der Waals surface area (Å²) < 4.78 is 1.89. The summed E-state index contributed by atoms with van der Waals surface area (Å²) in [7, 11) is 0. The van der Waals surface area contributed by atoms with Crippen molar-refractivity contribution in [2.24, 2.45) is 0 Å². The standard InChI is InChI=1S/C18H26N6O/c1-13(2)24-17-14(10-20-24)9-15(11-19-17)21-18(25)23-8-5-16(12-23)22-6-3-4-7-22/h9-11,13,16H,3-8,12H2,1-2H3,(H,21,25)/t16-/m0/s1. The molecule has 2 aliphatic rings. The lowest BCUT2D eigenvalue weighted by atomic mass is 10.2. The molecule has 0 bridgehead atoms. The van der Waals surface area contributed by atoms with Crippen LogP contribution in [-0.4, -0.2) is 62.8 Å². The Hall–Kier alpha value is -2.15. The van der Waals surface area contributed by atoms with Crippen LogP contribution in [-0.2, 0) is 0 Å². The molecule has 2 saturated heterocycles. The van der Waals surface area contributed by atoms with Gasteiger partial charge in [-0.2, -0.15) is 5.10 Å². The van der Waals surface area contributed by atoms with Crippen LogP contribution in [0.25, 0.3) is 11.0 Å². The minimum absolute atomic E-state index is 0.0286. The van der Waals surface area contributed by atoms with Crippen LogP contribution < -0.4 is 5.32 Å². The zero-order chi connectivity index (χ0) is 17.4. The van der Waals surface area contributed by atoms with Crippen LogP contribution in [0.3, 0.4) is 0 Å². The van der Waals surface area contributed by atoms with E-state index in [1.165, 1.54) is 25.9 Å². The number of amides is 2. The molecular formula is C18H26N6O. The molecule has 2 fully saturated rings. The highest BCUT2D eigenvalue weighted by Crippen LogP contribution is 2.22. The fourth-order valence-corrected chi connectivity index (χ4v) is 3.92. The average Bonchev–Trinajstić information content (AvgIpc) is 3.33. The first kappa shape index (κ1) is 16.3. The van der Waals surface area contributed by atoms with Crippen molar-refractivity contribution >= 4 is 22.8 Å². The van der Waals surface area contributed by atoms with Gasteiger partial charge in [0.25, 0.3) is 0 Å². The Balaban J connectivity index is 1.41. The van der Waals surface area contributed by atoms with Gasteiger partial charge >= 0.3 is 6.03 Å². The number of likely N-dealkylation sites (tertiary alicyclic amines) is 2. The van der Waals surface area contributed by atoms with Crippen molar-refractivity contribution in [1.82, 2.24) is 24.6 Å². The zero-order valence-electron chi connectivity index (χ0n) is 15.0. The Morgan fingerprint density at radius 1 is 1.24 bits per heavy atom. The number of aromatic nitrogens is 3. The number of nitrogens with one attached hydrogen (secondary N) is 1. The van der Waals surface area contributed by atoms with Crippen molar-refractivity contribution in [2.45, 2.75) is 45.2 Å². The summed E-state index contributed by atoms with van der Waals surface area (Å²) in [6, 6.07) is 2.70. The van der Waals surface area contributed by atoms with E-state index >= 15 is 0 Å². The number of urea groups is 1. The van der Waals surface area contributed by atoms with Gasteiger partial charge in [-0.3, -0.25) is 4.90 Å². The third kappa shape index (κ3) is 3.20. The van der Waals surface area contributed by atoms with Gasteiger partial charge in [0.15, 0.2) is 5.65 Å². The fraction of sp³-hybridized carbons (Fsp3) is 0.611. The molecule has 2 aromatic rings. The molecule has 4 heterocycles. The van der Waals surface area contributed by atoms with Gasteiger partial charge in [-0.1, -0.05) is 0 Å². The first-order valence-electron chi connectivity index (χ1n) is 9.25. The molecular weight excluding hydrogens is 316 g/mol. The molecule has 2 aliphatic heterocycles. The number of fused-ring (bicyclic) bond motifs is 1. The molecule has 1 atom stereocenters. The molecule has 0 aliphatic carbocycles. The number of hydrogen-bond acceptors (Lipinski definition) is 4. The minimum atomic E-state index is -0.0286. The molecule has 0 aromatic carbocycles. The lowest BCUT2D eigenvalue weighted by Crippen LogP contribution is -2.38. The first-order valence-corrected chi connectivity index (χ1v) is 9.25.